The summed E-state index contributed by atoms with van der Waals surface area (Å²) >= 11 is 2.77. The lowest BCUT2D eigenvalue weighted by Crippen LogP contribution is -2.31. The first-order chi connectivity index (χ1) is 10.5. The van der Waals surface area contributed by atoms with Gasteiger partial charge in [0.05, 0.1) is 11.3 Å². The lowest BCUT2D eigenvalue weighted by molar-refractivity contribution is -0.124. The van der Waals surface area contributed by atoms with Gasteiger partial charge < -0.3 is 19.7 Å². The minimum Gasteiger partial charge on any atom is -0.451 e. The third-order valence-corrected chi connectivity index (χ3v) is 4.93. The van der Waals surface area contributed by atoms with E-state index in [9.17, 15) is 9.59 Å². The highest BCUT2D eigenvalue weighted by atomic mass is 32.1. The van der Waals surface area contributed by atoms with E-state index in [1.165, 1.54) is 22.7 Å². The molecule has 7 nitrogen and oxygen atoms in total. The summed E-state index contributed by atoms with van der Waals surface area (Å²) in [6, 6.07) is 1.75. The molecule has 1 N–H and O–H groups in total. The van der Waals surface area contributed by atoms with Crippen LogP contribution in [-0.2, 0) is 14.3 Å². The van der Waals surface area contributed by atoms with Gasteiger partial charge in [-0.15, -0.1) is 11.3 Å². The zero-order valence-electron chi connectivity index (χ0n) is 12.5. The first-order valence-corrected chi connectivity index (χ1v) is 8.15. The van der Waals surface area contributed by atoms with Gasteiger partial charge in [-0.3, -0.25) is 4.79 Å². The molecule has 2 aromatic heterocycles. The van der Waals surface area contributed by atoms with Crippen LogP contribution >= 0.6 is 22.7 Å². The summed E-state index contributed by atoms with van der Waals surface area (Å²) in [5.41, 5.74) is 0. The van der Waals surface area contributed by atoms with Gasteiger partial charge in [0, 0.05) is 27.7 Å². The van der Waals surface area contributed by atoms with Gasteiger partial charge in [0.25, 0.3) is 5.91 Å². The van der Waals surface area contributed by atoms with Gasteiger partial charge in [-0.1, -0.05) is 11.3 Å². The normalized spacial score (nSPS) is 10.7. The van der Waals surface area contributed by atoms with E-state index in [1.807, 2.05) is 19.0 Å². The molecule has 0 spiro atoms. The molecule has 0 fully saturated rings. The van der Waals surface area contributed by atoms with Crippen LogP contribution < -0.4 is 10.2 Å². The van der Waals surface area contributed by atoms with Crippen LogP contribution in [0.15, 0.2) is 6.07 Å². The molecular weight excluding hydrogens is 326 g/mol. The SMILES string of the molecule is COCCNC(=O)COC(=O)c1cc2sc(N(C)C)nc2s1. The molecule has 0 aliphatic heterocycles. The number of rotatable bonds is 7. The molecule has 0 aliphatic rings. The number of anilines is 1. The van der Waals surface area contributed by atoms with Crippen LogP contribution in [0, 0.1) is 0 Å². The van der Waals surface area contributed by atoms with Crippen LogP contribution in [0.1, 0.15) is 9.67 Å². The zero-order chi connectivity index (χ0) is 16.1. The van der Waals surface area contributed by atoms with E-state index in [4.69, 9.17) is 9.47 Å². The summed E-state index contributed by atoms with van der Waals surface area (Å²) in [4.78, 5) is 30.9. The highest BCUT2D eigenvalue weighted by Crippen LogP contribution is 2.34. The molecule has 2 aromatic rings. The van der Waals surface area contributed by atoms with Crippen LogP contribution in [-0.4, -0.2) is 57.8 Å². The van der Waals surface area contributed by atoms with Crippen molar-refractivity contribution < 1.29 is 19.1 Å². The Labute approximate surface area is 135 Å². The topological polar surface area (TPSA) is 80.8 Å². The predicted octanol–water partition coefficient (Wildman–Crippen LogP) is 1.34. The third kappa shape index (κ3) is 4.15. The molecule has 2 heterocycles. The number of methoxy groups -OCH3 is 1. The van der Waals surface area contributed by atoms with Gasteiger partial charge in [0.2, 0.25) is 0 Å². The molecule has 0 radical (unpaired) electrons. The average Bonchev–Trinajstić information content (AvgIpc) is 3.03. The first-order valence-electron chi connectivity index (χ1n) is 6.51. The maximum absolute atomic E-state index is 11.9. The Kier molecular flexibility index (Phi) is 5.69. The highest BCUT2D eigenvalue weighted by Gasteiger charge is 2.16. The average molecular weight is 343 g/mol. The number of aromatic nitrogens is 1. The van der Waals surface area contributed by atoms with Crippen LogP contribution in [0.3, 0.4) is 0 Å². The molecule has 1 amide bonds. The number of fused-ring (bicyclic) bond motifs is 1. The number of thiazole rings is 1. The van der Waals surface area contributed by atoms with E-state index < -0.39 is 5.97 Å². The second kappa shape index (κ2) is 7.52. The van der Waals surface area contributed by atoms with E-state index in [1.54, 1.807) is 13.2 Å². The Bertz CT molecular complexity index is 634. The lowest BCUT2D eigenvalue weighted by atomic mass is 10.5. The van der Waals surface area contributed by atoms with Crippen molar-refractivity contribution in [3.05, 3.63) is 10.9 Å². The Morgan fingerprint density at radius 2 is 2.14 bits per heavy atom. The predicted molar refractivity (Wildman–Crippen MR) is 87.0 cm³/mol. The maximum atomic E-state index is 11.9. The Morgan fingerprint density at radius 1 is 1.36 bits per heavy atom. The molecule has 0 aromatic carbocycles. The van der Waals surface area contributed by atoms with Crippen molar-refractivity contribution in [2.45, 2.75) is 0 Å². The van der Waals surface area contributed by atoms with Crippen LogP contribution in [0.25, 0.3) is 9.53 Å². The van der Waals surface area contributed by atoms with Crippen LogP contribution in [0.4, 0.5) is 5.13 Å². The number of amides is 1. The minimum absolute atomic E-state index is 0.301. The van der Waals surface area contributed by atoms with Gasteiger partial charge >= 0.3 is 5.97 Å². The van der Waals surface area contributed by atoms with E-state index in [2.05, 4.69) is 10.3 Å². The molecule has 22 heavy (non-hydrogen) atoms. The highest BCUT2D eigenvalue weighted by molar-refractivity contribution is 7.29. The van der Waals surface area contributed by atoms with Crippen LogP contribution in [0.5, 0.6) is 0 Å². The van der Waals surface area contributed by atoms with Gasteiger partial charge in [-0.25, -0.2) is 9.78 Å². The number of ether oxygens (including phenoxy) is 2. The van der Waals surface area contributed by atoms with Crippen molar-refractivity contribution >= 4 is 49.2 Å². The maximum Gasteiger partial charge on any atom is 0.348 e. The summed E-state index contributed by atoms with van der Waals surface area (Å²) in [5.74, 6) is -0.861. The monoisotopic (exact) mass is 343 g/mol. The molecule has 120 valence electrons. The Hall–Kier alpha value is -1.71. The van der Waals surface area contributed by atoms with E-state index >= 15 is 0 Å². The molecule has 9 heteroatoms. The molecule has 0 atom stereocenters. The number of carbonyl (C=O) groups excluding carboxylic acids is 2. The van der Waals surface area contributed by atoms with Crippen LogP contribution in [0.2, 0.25) is 0 Å². The van der Waals surface area contributed by atoms with Crippen molar-refractivity contribution in [3.8, 4) is 0 Å². The summed E-state index contributed by atoms with van der Waals surface area (Å²) < 4.78 is 10.7. The third-order valence-electron chi connectivity index (χ3n) is 2.62. The van der Waals surface area contributed by atoms with Gasteiger partial charge in [-0.05, 0) is 6.07 Å². The van der Waals surface area contributed by atoms with E-state index in [0.29, 0.717) is 18.0 Å². The fourth-order valence-corrected chi connectivity index (χ4v) is 3.59. The fourth-order valence-electron chi connectivity index (χ4n) is 1.56. The summed E-state index contributed by atoms with van der Waals surface area (Å²) in [5, 5.41) is 3.47. The van der Waals surface area contributed by atoms with E-state index in [0.717, 1.165) is 14.7 Å². The fraction of sp³-hybridized carbons (Fsp3) is 0.462. The molecule has 0 aliphatic carbocycles. The minimum atomic E-state index is -0.511. The number of hydrogen-bond acceptors (Lipinski definition) is 8. The van der Waals surface area contributed by atoms with Crippen molar-refractivity contribution in [2.75, 3.05) is 45.9 Å². The van der Waals surface area contributed by atoms with Gasteiger partial charge in [0.1, 0.15) is 9.71 Å². The quantitative estimate of drug-likeness (QED) is 0.604. The molecule has 2 rings (SSSR count). The summed E-state index contributed by atoms with van der Waals surface area (Å²) in [7, 11) is 5.38. The lowest BCUT2D eigenvalue weighted by Gasteiger charge is -2.05. The second-order valence-electron chi connectivity index (χ2n) is 4.59. The largest absolute Gasteiger partial charge is 0.451 e. The molecule has 0 saturated carbocycles. The molecule has 0 bridgehead atoms. The number of hydrogen-bond donors (Lipinski definition) is 1. The standard InChI is InChI=1S/C13H17N3O4S2/c1-16(2)13-15-11-8(22-13)6-9(21-11)12(18)20-7-10(17)14-4-5-19-3/h6H,4-5,7H2,1-3H3,(H,14,17). The van der Waals surface area contributed by atoms with Crippen molar-refractivity contribution in [1.29, 1.82) is 0 Å². The molecule has 0 unspecified atom stereocenters. The summed E-state index contributed by atoms with van der Waals surface area (Å²) in [6.07, 6.45) is 0. The van der Waals surface area contributed by atoms with Crippen molar-refractivity contribution in [3.63, 3.8) is 0 Å². The number of thiophene rings is 1. The number of nitrogens with one attached hydrogen (secondary N) is 1. The second-order valence-corrected chi connectivity index (χ2v) is 6.63. The van der Waals surface area contributed by atoms with Gasteiger partial charge in [-0.2, -0.15) is 0 Å². The Balaban J connectivity index is 1.90. The zero-order valence-corrected chi connectivity index (χ0v) is 14.2. The van der Waals surface area contributed by atoms with Gasteiger partial charge in [0.15, 0.2) is 11.7 Å². The first kappa shape index (κ1) is 16.7. The van der Waals surface area contributed by atoms with Crippen molar-refractivity contribution in [2.24, 2.45) is 0 Å². The number of carbonyl (C=O) groups is 2. The smallest absolute Gasteiger partial charge is 0.348 e. The number of esters is 1. The summed E-state index contributed by atoms with van der Waals surface area (Å²) in [6.45, 7) is 0.504. The Morgan fingerprint density at radius 3 is 2.77 bits per heavy atom. The molecule has 0 saturated heterocycles. The van der Waals surface area contributed by atoms with Crippen molar-refractivity contribution in [1.82, 2.24) is 10.3 Å². The van der Waals surface area contributed by atoms with E-state index in [-0.39, 0.29) is 12.5 Å². The molecular formula is C13H17N3O4S2. The number of nitrogens with zero attached hydrogens (tertiary/aromatic N) is 2.